The van der Waals surface area contributed by atoms with E-state index in [1.54, 1.807) is 0 Å². The monoisotopic (exact) mass is 426 g/mol. The fourth-order valence-electron chi connectivity index (χ4n) is 5.53. The lowest BCUT2D eigenvalue weighted by molar-refractivity contribution is 0.208. The Kier molecular flexibility index (Phi) is 4.76. The molecule has 6 heteroatoms. The summed E-state index contributed by atoms with van der Waals surface area (Å²) in [5.41, 5.74) is 6.50. The number of piperidine rings is 1. The molecule has 1 fully saturated rings. The van der Waals surface area contributed by atoms with Crippen molar-refractivity contribution in [3.8, 4) is 0 Å². The van der Waals surface area contributed by atoms with Crippen molar-refractivity contribution in [3.05, 3.63) is 65.6 Å². The van der Waals surface area contributed by atoms with E-state index in [0.717, 1.165) is 31.1 Å². The van der Waals surface area contributed by atoms with Gasteiger partial charge in [-0.3, -0.25) is 4.40 Å². The van der Waals surface area contributed by atoms with Crippen LogP contribution in [-0.4, -0.2) is 48.7 Å². The number of imidazole rings is 1. The average Bonchev–Trinajstić information content (AvgIpc) is 3.49. The molecule has 4 heterocycles. The fraction of sp³-hybridized carbons (Fsp3) is 0.385. The first-order chi connectivity index (χ1) is 15.7. The van der Waals surface area contributed by atoms with Crippen LogP contribution < -0.4 is 0 Å². The minimum atomic E-state index is 0.664. The smallest absolute Gasteiger partial charge is 0.236 e. The van der Waals surface area contributed by atoms with Gasteiger partial charge in [0.25, 0.3) is 0 Å². The summed E-state index contributed by atoms with van der Waals surface area (Å²) in [5.74, 6) is 2.57. The highest BCUT2D eigenvalue weighted by atomic mass is 15.3. The van der Waals surface area contributed by atoms with Crippen molar-refractivity contribution in [2.75, 3.05) is 19.6 Å². The highest BCUT2D eigenvalue weighted by Crippen LogP contribution is 2.33. The number of hydrogen-bond donors (Lipinski definition) is 1. The van der Waals surface area contributed by atoms with Crippen molar-refractivity contribution in [1.29, 1.82) is 0 Å². The van der Waals surface area contributed by atoms with Crippen LogP contribution in [0.25, 0.3) is 27.7 Å². The molecule has 32 heavy (non-hydrogen) atoms. The number of aromatic nitrogens is 5. The number of likely N-dealkylation sites (tertiary alicyclic amines) is 1. The number of para-hydroxylation sites is 1. The maximum Gasteiger partial charge on any atom is 0.236 e. The van der Waals surface area contributed by atoms with Gasteiger partial charge in [0.1, 0.15) is 5.82 Å². The Morgan fingerprint density at radius 1 is 0.969 bits per heavy atom. The van der Waals surface area contributed by atoms with Gasteiger partial charge in [-0.05, 0) is 88.0 Å². The Hall–Kier alpha value is -3.12. The highest BCUT2D eigenvalue weighted by molar-refractivity contribution is 5.83. The first-order valence-corrected chi connectivity index (χ1v) is 11.8. The zero-order chi connectivity index (χ0) is 21.7. The Morgan fingerprint density at radius 3 is 2.69 bits per heavy atom. The molecule has 0 saturated carbocycles. The van der Waals surface area contributed by atoms with Crippen LogP contribution in [0.4, 0.5) is 0 Å². The predicted molar refractivity (Wildman–Crippen MR) is 129 cm³/mol. The van der Waals surface area contributed by atoms with Crippen LogP contribution in [0, 0.1) is 13.8 Å². The second-order valence-electron chi connectivity index (χ2n) is 9.29. The first kappa shape index (κ1) is 19.6. The van der Waals surface area contributed by atoms with E-state index < -0.39 is 0 Å². The van der Waals surface area contributed by atoms with Gasteiger partial charge in [0.2, 0.25) is 5.78 Å². The van der Waals surface area contributed by atoms with Gasteiger partial charge < -0.3 is 14.5 Å². The summed E-state index contributed by atoms with van der Waals surface area (Å²) in [5, 5.41) is 10.2. The van der Waals surface area contributed by atoms with Gasteiger partial charge in [0.05, 0.1) is 11.0 Å². The predicted octanol–water partition coefficient (Wildman–Crippen LogP) is 5.05. The number of aromatic amines is 1. The van der Waals surface area contributed by atoms with Crippen molar-refractivity contribution in [3.63, 3.8) is 0 Å². The number of aryl methyl sites for hydroxylation is 3. The molecule has 5 aromatic rings. The molecule has 1 aliphatic rings. The standard InChI is InChI=1S/C26H30N6/c1-18-8-9-24-25(16-18)31(26-29-28-19(2)32(24)26)13-5-12-30-14-10-20(11-15-30)22-17-27-23-7-4-3-6-21(22)23/h3-4,6-9,16-17,20,27H,5,10-15H2,1-2H3. The van der Waals surface area contributed by atoms with Crippen molar-refractivity contribution >= 4 is 27.7 Å². The molecule has 6 nitrogen and oxygen atoms in total. The summed E-state index contributed by atoms with van der Waals surface area (Å²) < 4.78 is 4.53. The third-order valence-corrected chi connectivity index (χ3v) is 7.22. The molecule has 3 aromatic heterocycles. The Balaban J connectivity index is 1.12. The molecular formula is C26H30N6. The van der Waals surface area contributed by atoms with E-state index in [-0.39, 0.29) is 0 Å². The van der Waals surface area contributed by atoms with Crippen LogP contribution in [0.1, 0.15) is 42.1 Å². The minimum absolute atomic E-state index is 0.664. The van der Waals surface area contributed by atoms with E-state index >= 15 is 0 Å². The average molecular weight is 427 g/mol. The fourth-order valence-corrected chi connectivity index (χ4v) is 5.53. The van der Waals surface area contributed by atoms with Crippen LogP contribution >= 0.6 is 0 Å². The van der Waals surface area contributed by atoms with E-state index in [1.165, 1.54) is 59.0 Å². The lowest BCUT2D eigenvalue weighted by Crippen LogP contribution is -2.34. The maximum atomic E-state index is 4.47. The highest BCUT2D eigenvalue weighted by Gasteiger charge is 2.23. The molecule has 0 aliphatic carbocycles. The molecule has 0 spiro atoms. The topological polar surface area (TPSA) is 54.2 Å². The van der Waals surface area contributed by atoms with E-state index in [2.05, 4.69) is 84.6 Å². The Bertz CT molecular complexity index is 1400. The van der Waals surface area contributed by atoms with E-state index in [0.29, 0.717) is 5.92 Å². The number of nitrogens with one attached hydrogen (secondary N) is 1. The van der Waals surface area contributed by atoms with Crippen LogP contribution in [0.3, 0.4) is 0 Å². The third-order valence-electron chi connectivity index (χ3n) is 7.22. The number of H-pyrrole nitrogens is 1. The Labute approximate surface area is 187 Å². The van der Waals surface area contributed by atoms with E-state index in [4.69, 9.17) is 0 Å². The second kappa shape index (κ2) is 7.78. The summed E-state index contributed by atoms with van der Waals surface area (Å²) in [6, 6.07) is 15.3. The number of benzene rings is 2. The molecule has 0 amide bonds. The molecule has 2 aromatic carbocycles. The molecule has 0 bridgehead atoms. The SMILES string of the molecule is Cc1ccc2c(c1)n(CCCN1CCC(c3c[nH]c4ccccc34)CC1)c1nnc(C)n21. The lowest BCUT2D eigenvalue weighted by Gasteiger charge is -2.32. The molecular weight excluding hydrogens is 396 g/mol. The molecule has 1 N–H and O–H groups in total. The maximum absolute atomic E-state index is 4.47. The number of rotatable bonds is 5. The third kappa shape index (κ3) is 3.21. The van der Waals surface area contributed by atoms with E-state index in [1.807, 2.05) is 6.92 Å². The van der Waals surface area contributed by atoms with Crippen molar-refractivity contribution in [2.24, 2.45) is 0 Å². The van der Waals surface area contributed by atoms with Gasteiger partial charge in [-0.2, -0.15) is 0 Å². The van der Waals surface area contributed by atoms with Gasteiger partial charge in [-0.25, -0.2) is 0 Å². The molecule has 6 rings (SSSR count). The summed E-state index contributed by atoms with van der Waals surface area (Å²) in [6.45, 7) is 8.64. The number of fused-ring (bicyclic) bond motifs is 4. The minimum Gasteiger partial charge on any atom is -0.361 e. The number of hydrogen-bond acceptors (Lipinski definition) is 3. The summed E-state index contributed by atoms with van der Waals surface area (Å²) in [4.78, 5) is 6.09. The zero-order valence-corrected chi connectivity index (χ0v) is 18.9. The van der Waals surface area contributed by atoms with Gasteiger partial charge >= 0.3 is 0 Å². The summed E-state index contributed by atoms with van der Waals surface area (Å²) in [7, 11) is 0. The lowest BCUT2D eigenvalue weighted by atomic mass is 9.89. The Morgan fingerprint density at radius 2 is 1.81 bits per heavy atom. The van der Waals surface area contributed by atoms with Crippen LogP contribution in [0.2, 0.25) is 0 Å². The molecule has 0 unspecified atom stereocenters. The molecule has 0 atom stereocenters. The largest absolute Gasteiger partial charge is 0.361 e. The van der Waals surface area contributed by atoms with Gasteiger partial charge in [0, 0.05) is 23.6 Å². The van der Waals surface area contributed by atoms with Crippen molar-refractivity contribution in [1.82, 2.24) is 29.0 Å². The normalized spacial score (nSPS) is 16.1. The van der Waals surface area contributed by atoms with Gasteiger partial charge in [0.15, 0.2) is 0 Å². The summed E-state index contributed by atoms with van der Waals surface area (Å²) >= 11 is 0. The van der Waals surface area contributed by atoms with Crippen LogP contribution in [0.15, 0.2) is 48.7 Å². The molecule has 1 aliphatic heterocycles. The van der Waals surface area contributed by atoms with E-state index in [9.17, 15) is 0 Å². The zero-order valence-electron chi connectivity index (χ0n) is 18.9. The second-order valence-corrected chi connectivity index (χ2v) is 9.29. The molecule has 1 saturated heterocycles. The van der Waals surface area contributed by atoms with Crippen molar-refractivity contribution in [2.45, 2.75) is 45.6 Å². The molecule has 164 valence electrons. The molecule has 0 radical (unpaired) electrons. The quantitative estimate of drug-likeness (QED) is 0.428. The van der Waals surface area contributed by atoms with Gasteiger partial charge in [-0.15, -0.1) is 10.2 Å². The first-order valence-electron chi connectivity index (χ1n) is 11.8. The van der Waals surface area contributed by atoms with Crippen LogP contribution in [-0.2, 0) is 6.54 Å². The van der Waals surface area contributed by atoms with Crippen LogP contribution in [0.5, 0.6) is 0 Å². The summed E-state index contributed by atoms with van der Waals surface area (Å²) in [6.07, 6.45) is 5.83. The van der Waals surface area contributed by atoms with Gasteiger partial charge in [-0.1, -0.05) is 24.3 Å². The number of nitrogens with zero attached hydrogens (tertiary/aromatic N) is 5. The van der Waals surface area contributed by atoms with Crippen molar-refractivity contribution < 1.29 is 0 Å².